The van der Waals surface area contributed by atoms with E-state index in [1.807, 2.05) is 30.3 Å². The predicted molar refractivity (Wildman–Crippen MR) is 89.9 cm³/mol. The Morgan fingerprint density at radius 2 is 1.62 bits per heavy atom. The molecule has 2 heterocycles. The first-order valence-corrected chi connectivity index (χ1v) is 9.71. The van der Waals surface area contributed by atoms with Gasteiger partial charge in [0.15, 0.2) is 0 Å². The first kappa shape index (κ1) is 16.8. The highest BCUT2D eigenvalue weighted by molar-refractivity contribution is 7.91. The molecule has 2 aromatic rings. The fourth-order valence-corrected chi connectivity index (χ4v) is 4.99. The summed E-state index contributed by atoms with van der Waals surface area (Å²) < 4.78 is 26.0. The molecule has 0 N–H and O–H groups in total. The number of benzene rings is 1. The molecule has 0 unspecified atom stereocenters. The number of piperazine rings is 1. The molecule has 6 nitrogen and oxygen atoms in total. The first-order valence-electron chi connectivity index (χ1n) is 7.39. The maximum Gasteiger partial charge on any atom is 0.253 e. The zero-order chi connectivity index (χ0) is 17.2. The lowest BCUT2D eigenvalue weighted by Crippen LogP contribution is -2.55. The van der Waals surface area contributed by atoms with Crippen molar-refractivity contribution in [2.45, 2.75) is 10.6 Å². The second-order valence-electron chi connectivity index (χ2n) is 5.38. The van der Waals surface area contributed by atoms with Crippen LogP contribution in [0, 0.1) is 0 Å². The molecule has 126 valence electrons. The van der Waals surface area contributed by atoms with E-state index in [1.54, 1.807) is 11.4 Å². The summed E-state index contributed by atoms with van der Waals surface area (Å²) in [5, 5.41) is 1.65. The van der Waals surface area contributed by atoms with E-state index in [2.05, 4.69) is 0 Å². The summed E-state index contributed by atoms with van der Waals surface area (Å²) in [6, 6.07) is 12.6. The number of sulfonamides is 1. The zero-order valence-electron chi connectivity index (χ0n) is 12.8. The Balaban J connectivity index is 1.69. The molecule has 0 aliphatic carbocycles. The molecule has 0 saturated carbocycles. The normalized spacial score (nSPS) is 16.6. The number of amides is 2. The Kier molecular flexibility index (Phi) is 4.79. The van der Waals surface area contributed by atoms with Gasteiger partial charge < -0.3 is 0 Å². The summed E-state index contributed by atoms with van der Waals surface area (Å²) in [5.74, 6) is -0.968. The van der Waals surface area contributed by atoms with Crippen LogP contribution in [0.15, 0.2) is 52.1 Å². The van der Waals surface area contributed by atoms with Crippen molar-refractivity contribution >= 4 is 33.2 Å². The van der Waals surface area contributed by atoms with Gasteiger partial charge in [-0.15, -0.1) is 11.3 Å². The van der Waals surface area contributed by atoms with E-state index in [0.29, 0.717) is 6.42 Å². The van der Waals surface area contributed by atoms with E-state index < -0.39 is 21.8 Å². The minimum Gasteiger partial charge on any atom is -0.280 e. The van der Waals surface area contributed by atoms with E-state index >= 15 is 0 Å². The van der Waals surface area contributed by atoms with Crippen molar-refractivity contribution in [3.8, 4) is 0 Å². The average Bonchev–Trinajstić information content (AvgIpc) is 3.10. The lowest BCUT2D eigenvalue weighted by molar-refractivity contribution is -0.149. The Labute approximate surface area is 144 Å². The molecule has 0 spiro atoms. The molecule has 1 fully saturated rings. The van der Waals surface area contributed by atoms with Crippen molar-refractivity contribution < 1.29 is 18.0 Å². The molecule has 8 heteroatoms. The third-order valence-electron chi connectivity index (χ3n) is 3.78. The molecule has 1 aromatic carbocycles. The average molecular weight is 364 g/mol. The summed E-state index contributed by atoms with van der Waals surface area (Å²) in [7, 11) is -3.79. The Hall–Kier alpha value is -2.03. The van der Waals surface area contributed by atoms with Gasteiger partial charge in [0, 0.05) is 6.54 Å². The van der Waals surface area contributed by atoms with Gasteiger partial charge in [-0.05, 0) is 23.4 Å². The quantitative estimate of drug-likeness (QED) is 0.751. The van der Waals surface area contributed by atoms with Crippen LogP contribution < -0.4 is 0 Å². The number of hydrogen-bond donors (Lipinski definition) is 0. The highest BCUT2D eigenvalue weighted by Crippen LogP contribution is 2.22. The minimum atomic E-state index is -3.79. The summed E-state index contributed by atoms with van der Waals surface area (Å²) in [6.45, 7) is -0.351. The van der Waals surface area contributed by atoms with Gasteiger partial charge in [0.1, 0.15) is 4.21 Å². The molecule has 1 aliphatic heterocycles. The lowest BCUT2D eigenvalue weighted by Gasteiger charge is -2.31. The van der Waals surface area contributed by atoms with Crippen molar-refractivity contribution in [3.63, 3.8) is 0 Å². The molecule has 24 heavy (non-hydrogen) atoms. The Morgan fingerprint density at radius 1 is 0.958 bits per heavy atom. The van der Waals surface area contributed by atoms with Crippen LogP contribution in [-0.4, -0.2) is 49.1 Å². The molecular weight excluding hydrogens is 348 g/mol. The highest BCUT2D eigenvalue weighted by atomic mass is 32.2. The minimum absolute atomic E-state index is 0.140. The van der Waals surface area contributed by atoms with Gasteiger partial charge in [-0.3, -0.25) is 14.5 Å². The van der Waals surface area contributed by atoms with Gasteiger partial charge in [-0.1, -0.05) is 36.4 Å². The molecule has 3 rings (SSSR count). The van der Waals surface area contributed by atoms with Gasteiger partial charge in [-0.25, -0.2) is 8.42 Å². The molecule has 0 bridgehead atoms. The van der Waals surface area contributed by atoms with Crippen molar-refractivity contribution in [1.82, 2.24) is 9.21 Å². The Bertz CT molecular complexity index is 814. The van der Waals surface area contributed by atoms with Crippen molar-refractivity contribution in [2.75, 3.05) is 19.6 Å². The second kappa shape index (κ2) is 6.84. The number of thiophene rings is 1. The van der Waals surface area contributed by atoms with Crippen LogP contribution in [0.3, 0.4) is 0 Å². The second-order valence-corrected chi connectivity index (χ2v) is 8.49. The van der Waals surface area contributed by atoms with Crippen LogP contribution in [0.2, 0.25) is 0 Å². The Morgan fingerprint density at radius 3 is 2.21 bits per heavy atom. The number of rotatable bonds is 5. The fraction of sp³-hybridized carbons (Fsp3) is 0.250. The zero-order valence-corrected chi connectivity index (χ0v) is 14.4. The maximum atomic E-state index is 12.4. The topological polar surface area (TPSA) is 74.8 Å². The van der Waals surface area contributed by atoms with Gasteiger partial charge in [0.05, 0.1) is 13.1 Å². The standard InChI is InChI=1S/C16H16N2O4S2/c19-14-11-17(24(21,22)16-7-4-10-23-16)12-15(20)18(14)9-8-13-5-2-1-3-6-13/h1-7,10H,8-9,11-12H2. The van der Waals surface area contributed by atoms with E-state index in [0.717, 1.165) is 26.1 Å². The molecule has 1 aromatic heterocycles. The van der Waals surface area contributed by atoms with E-state index in [1.165, 1.54) is 6.07 Å². The van der Waals surface area contributed by atoms with Crippen LogP contribution in [0.25, 0.3) is 0 Å². The molecule has 0 radical (unpaired) electrons. The number of carbonyl (C=O) groups excluding carboxylic acids is 2. The number of imide groups is 1. The van der Waals surface area contributed by atoms with E-state index in [4.69, 9.17) is 0 Å². The SMILES string of the molecule is O=C1CN(S(=O)(=O)c2cccs2)CC(=O)N1CCc1ccccc1. The van der Waals surface area contributed by atoms with Crippen molar-refractivity contribution in [1.29, 1.82) is 0 Å². The molecule has 1 saturated heterocycles. The predicted octanol–water partition coefficient (Wildman–Crippen LogP) is 1.35. The van der Waals surface area contributed by atoms with Crippen LogP contribution in [-0.2, 0) is 26.0 Å². The maximum absolute atomic E-state index is 12.4. The van der Waals surface area contributed by atoms with Crippen molar-refractivity contribution in [2.24, 2.45) is 0 Å². The third kappa shape index (κ3) is 3.40. The van der Waals surface area contributed by atoms with E-state index in [9.17, 15) is 18.0 Å². The summed E-state index contributed by atoms with van der Waals surface area (Å²) in [4.78, 5) is 25.7. The van der Waals surface area contributed by atoms with Gasteiger partial charge in [0.25, 0.3) is 10.0 Å². The summed E-state index contributed by atoms with van der Waals surface area (Å²) in [6.07, 6.45) is 0.552. The molecule has 2 amide bonds. The van der Waals surface area contributed by atoms with E-state index in [-0.39, 0.29) is 23.8 Å². The molecule has 1 aliphatic rings. The van der Waals surface area contributed by atoms with Gasteiger partial charge >= 0.3 is 0 Å². The monoisotopic (exact) mass is 364 g/mol. The van der Waals surface area contributed by atoms with Crippen LogP contribution in [0.5, 0.6) is 0 Å². The molecular formula is C16H16N2O4S2. The third-order valence-corrected chi connectivity index (χ3v) is 6.95. The summed E-state index contributed by atoms with van der Waals surface area (Å²) in [5.41, 5.74) is 1.02. The smallest absolute Gasteiger partial charge is 0.253 e. The lowest BCUT2D eigenvalue weighted by atomic mass is 10.1. The number of hydrogen-bond acceptors (Lipinski definition) is 5. The number of carbonyl (C=O) groups is 2. The van der Waals surface area contributed by atoms with Crippen LogP contribution in [0.4, 0.5) is 0 Å². The summed E-state index contributed by atoms with van der Waals surface area (Å²) >= 11 is 1.07. The highest BCUT2D eigenvalue weighted by Gasteiger charge is 2.37. The van der Waals surface area contributed by atoms with Crippen LogP contribution >= 0.6 is 11.3 Å². The first-order chi connectivity index (χ1) is 11.5. The fourth-order valence-electron chi connectivity index (χ4n) is 2.51. The van der Waals surface area contributed by atoms with Gasteiger partial charge in [0.2, 0.25) is 11.8 Å². The van der Waals surface area contributed by atoms with Crippen LogP contribution in [0.1, 0.15) is 5.56 Å². The van der Waals surface area contributed by atoms with Gasteiger partial charge in [-0.2, -0.15) is 4.31 Å². The largest absolute Gasteiger partial charge is 0.280 e. The molecule has 0 atom stereocenters. The number of nitrogens with zero attached hydrogens (tertiary/aromatic N) is 2. The van der Waals surface area contributed by atoms with Crippen molar-refractivity contribution in [3.05, 3.63) is 53.4 Å².